The average Bonchev–Trinajstić information content (AvgIpc) is 3.10. The van der Waals surface area contributed by atoms with E-state index < -0.39 is 0 Å². The lowest BCUT2D eigenvalue weighted by molar-refractivity contribution is 0.00752. The van der Waals surface area contributed by atoms with Crippen LogP contribution in [0, 0.1) is 5.92 Å². The molecule has 1 aliphatic heterocycles. The molecular formula is C20H37N5OS. The van der Waals surface area contributed by atoms with Crippen molar-refractivity contribution in [3.8, 4) is 0 Å². The van der Waals surface area contributed by atoms with E-state index in [0.29, 0.717) is 12.0 Å². The van der Waals surface area contributed by atoms with Crippen LogP contribution in [0.25, 0.3) is 0 Å². The van der Waals surface area contributed by atoms with Gasteiger partial charge < -0.3 is 15.4 Å². The zero-order chi connectivity index (χ0) is 19.9. The molecule has 1 atom stereocenters. The van der Waals surface area contributed by atoms with Crippen molar-refractivity contribution in [1.82, 2.24) is 20.5 Å². The highest BCUT2D eigenvalue weighted by Crippen LogP contribution is 2.23. The van der Waals surface area contributed by atoms with Gasteiger partial charge in [0, 0.05) is 56.5 Å². The van der Waals surface area contributed by atoms with Gasteiger partial charge in [-0.2, -0.15) is 0 Å². The van der Waals surface area contributed by atoms with Gasteiger partial charge in [0.05, 0.1) is 23.9 Å². The first kappa shape index (κ1) is 22.1. The summed E-state index contributed by atoms with van der Waals surface area (Å²) in [5.41, 5.74) is 1.29. The third-order valence-corrected chi connectivity index (χ3v) is 5.85. The highest BCUT2D eigenvalue weighted by Gasteiger charge is 2.24. The predicted octanol–water partition coefficient (Wildman–Crippen LogP) is 2.50. The standard InChI is InChI=1S/C20H37N5OS/c1-15(2)16(25-9-11-26-12-10-25)13-23-19(21-6)22-8-7-18-24-17(14-27-18)20(3,4)5/h14-16H,7-13H2,1-6H3,(H2,21,22,23). The van der Waals surface area contributed by atoms with Gasteiger partial charge in [-0.25, -0.2) is 4.98 Å². The molecule has 2 rings (SSSR count). The van der Waals surface area contributed by atoms with E-state index in [-0.39, 0.29) is 5.41 Å². The molecule has 7 heteroatoms. The second kappa shape index (κ2) is 10.4. The molecule has 0 bridgehead atoms. The second-order valence-corrected chi connectivity index (χ2v) is 9.41. The van der Waals surface area contributed by atoms with Gasteiger partial charge in [0.25, 0.3) is 0 Å². The number of nitrogens with one attached hydrogen (secondary N) is 2. The van der Waals surface area contributed by atoms with E-state index in [4.69, 9.17) is 9.72 Å². The Morgan fingerprint density at radius 2 is 2.00 bits per heavy atom. The Hall–Kier alpha value is -1.18. The van der Waals surface area contributed by atoms with Gasteiger partial charge in [0.1, 0.15) is 0 Å². The van der Waals surface area contributed by atoms with Crippen LogP contribution in [0.15, 0.2) is 10.4 Å². The Kier molecular flexibility index (Phi) is 8.51. The summed E-state index contributed by atoms with van der Waals surface area (Å²) in [6, 6.07) is 0.487. The SMILES string of the molecule is CN=C(NCCc1nc(C(C)(C)C)cs1)NCC(C(C)C)N1CCOCC1. The zero-order valence-electron chi connectivity index (χ0n) is 17.8. The normalized spacial score (nSPS) is 18.0. The van der Waals surface area contributed by atoms with Crippen molar-refractivity contribution in [1.29, 1.82) is 0 Å². The largest absolute Gasteiger partial charge is 0.379 e. The quantitative estimate of drug-likeness (QED) is 0.549. The van der Waals surface area contributed by atoms with Crippen molar-refractivity contribution in [2.24, 2.45) is 10.9 Å². The van der Waals surface area contributed by atoms with E-state index >= 15 is 0 Å². The van der Waals surface area contributed by atoms with E-state index in [1.807, 2.05) is 7.05 Å². The van der Waals surface area contributed by atoms with E-state index in [2.05, 4.69) is 60.5 Å². The molecule has 1 saturated heterocycles. The van der Waals surface area contributed by atoms with Crippen molar-refractivity contribution < 1.29 is 4.74 Å². The number of nitrogens with zero attached hydrogens (tertiary/aromatic N) is 3. The molecular weight excluding hydrogens is 358 g/mol. The van der Waals surface area contributed by atoms with Crippen LogP contribution in [0.5, 0.6) is 0 Å². The second-order valence-electron chi connectivity index (χ2n) is 8.47. The lowest BCUT2D eigenvalue weighted by Crippen LogP contribution is -2.52. The fraction of sp³-hybridized carbons (Fsp3) is 0.800. The van der Waals surface area contributed by atoms with Gasteiger partial charge in [-0.3, -0.25) is 9.89 Å². The molecule has 1 unspecified atom stereocenters. The first-order chi connectivity index (χ1) is 12.8. The van der Waals surface area contributed by atoms with E-state index in [9.17, 15) is 0 Å². The van der Waals surface area contributed by atoms with Gasteiger partial charge in [-0.15, -0.1) is 11.3 Å². The van der Waals surface area contributed by atoms with Crippen LogP contribution in [-0.2, 0) is 16.6 Å². The molecule has 0 saturated carbocycles. The number of rotatable bonds is 7. The lowest BCUT2D eigenvalue weighted by Gasteiger charge is -2.37. The van der Waals surface area contributed by atoms with Crippen molar-refractivity contribution >= 4 is 17.3 Å². The van der Waals surface area contributed by atoms with Crippen LogP contribution >= 0.6 is 11.3 Å². The maximum absolute atomic E-state index is 5.49. The summed E-state index contributed by atoms with van der Waals surface area (Å²) in [7, 11) is 1.83. The van der Waals surface area contributed by atoms with E-state index in [1.54, 1.807) is 11.3 Å². The molecule has 0 aromatic carbocycles. The summed E-state index contributed by atoms with van der Waals surface area (Å²) >= 11 is 1.75. The van der Waals surface area contributed by atoms with Crippen LogP contribution in [0.3, 0.4) is 0 Å². The van der Waals surface area contributed by atoms with Crippen LogP contribution in [0.4, 0.5) is 0 Å². The third-order valence-electron chi connectivity index (χ3n) is 4.94. The van der Waals surface area contributed by atoms with Gasteiger partial charge in [-0.05, 0) is 5.92 Å². The zero-order valence-corrected chi connectivity index (χ0v) is 18.7. The molecule has 2 heterocycles. The van der Waals surface area contributed by atoms with Crippen molar-refractivity contribution in [2.45, 2.75) is 52.5 Å². The van der Waals surface area contributed by atoms with Gasteiger partial charge in [-0.1, -0.05) is 34.6 Å². The predicted molar refractivity (Wildman–Crippen MR) is 115 cm³/mol. The fourth-order valence-corrected chi connectivity index (χ4v) is 4.20. The first-order valence-electron chi connectivity index (χ1n) is 10.0. The summed E-state index contributed by atoms with van der Waals surface area (Å²) < 4.78 is 5.49. The van der Waals surface area contributed by atoms with Crippen LogP contribution < -0.4 is 10.6 Å². The smallest absolute Gasteiger partial charge is 0.191 e. The molecule has 27 heavy (non-hydrogen) atoms. The Labute approximate surface area is 168 Å². The molecule has 0 spiro atoms. The van der Waals surface area contributed by atoms with E-state index in [1.165, 1.54) is 10.7 Å². The molecule has 1 aliphatic rings. The van der Waals surface area contributed by atoms with Crippen LogP contribution in [-0.4, -0.2) is 68.3 Å². The minimum atomic E-state index is 0.116. The van der Waals surface area contributed by atoms with E-state index in [0.717, 1.165) is 51.8 Å². The number of morpholine rings is 1. The van der Waals surface area contributed by atoms with Crippen molar-refractivity contribution in [3.05, 3.63) is 16.1 Å². The number of thiazole rings is 1. The van der Waals surface area contributed by atoms with Crippen molar-refractivity contribution in [3.63, 3.8) is 0 Å². The Balaban J connectivity index is 1.78. The minimum Gasteiger partial charge on any atom is -0.379 e. The number of aliphatic imine (C=N–C) groups is 1. The minimum absolute atomic E-state index is 0.116. The monoisotopic (exact) mass is 395 g/mol. The Bertz CT molecular complexity index is 587. The van der Waals surface area contributed by atoms with Gasteiger partial charge in [0.2, 0.25) is 0 Å². The van der Waals surface area contributed by atoms with Crippen LogP contribution in [0.2, 0.25) is 0 Å². The van der Waals surface area contributed by atoms with Gasteiger partial charge >= 0.3 is 0 Å². The third kappa shape index (κ3) is 7.05. The molecule has 1 aromatic heterocycles. The molecule has 154 valence electrons. The summed E-state index contributed by atoms with van der Waals surface area (Å²) in [6.45, 7) is 16.6. The maximum Gasteiger partial charge on any atom is 0.191 e. The number of hydrogen-bond donors (Lipinski definition) is 2. The number of ether oxygens (including phenoxy) is 1. The molecule has 0 aliphatic carbocycles. The van der Waals surface area contributed by atoms with Crippen molar-refractivity contribution in [2.75, 3.05) is 46.4 Å². The molecule has 0 radical (unpaired) electrons. The topological polar surface area (TPSA) is 61.8 Å². The van der Waals surface area contributed by atoms with Crippen LogP contribution in [0.1, 0.15) is 45.3 Å². The summed E-state index contributed by atoms with van der Waals surface area (Å²) in [6.07, 6.45) is 0.915. The molecule has 2 N–H and O–H groups in total. The summed E-state index contributed by atoms with van der Waals surface area (Å²) in [4.78, 5) is 11.7. The molecule has 0 amide bonds. The lowest BCUT2D eigenvalue weighted by atomic mass is 9.93. The average molecular weight is 396 g/mol. The molecule has 6 nitrogen and oxygen atoms in total. The fourth-order valence-electron chi connectivity index (χ4n) is 3.18. The molecule has 1 aromatic rings. The Morgan fingerprint density at radius 1 is 1.30 bits per heavy atom. The first-order valence-corrected chi connectivity index (χ1v) is 10.9. The number of guanidine groups is 1. The highest BCUT2D eigenvalue weighted by atomic mass is 32.1. The number of hydrogen-bond acceptors (Lipinski definition) is 5. The van der Waals surface area contributed by atoms with Gasteiger partial charge in [0.15, 0.2) is 5.96 Å². The Morgan fingerprint density at radius 3 is 2.56 bits per heavy atom. The maximum atomic E-state index is 5.49. The molecule has 1 fully saturated rings. The number of aromatic nitrogens is 1. The highest BCUT2D eigenvalue weighted by molar-refractivity contribution is 7.09. The summed E-state index contributed by atoms with van der Waals surface area (Å²) in [5, 5.41) is 10.3. The summed E-state index contributed by atoms with van der Waals surface area (Å²) in [5.74, 6) is 1.45.